The van der Waals surface area contributed by atoms with Gasteiger partial charge in [0, 0.05) is 5.56 Å². The van der Waals surface area contributed by atoms with Crippen LogP contribution in [0.3, 0.4) is 0 Å². The molecule has 0 aliphatic heterocycles. The number of esters is 1. The Morgan fingerprint density at radius 3 is 2.59 bits per heavy atom. The van der Waals surface area contributed by atoms with Crippen LogP contribution in [-0.4, -0.2) is 23.0 Å². The molecule has 0 bridgehead atoms. The molecule has 1 aromatic heterocycles. The Hall–Kier alpha value is -1.94. The van der Waals surface area contributed by atoms with Gasteiger partial charge in [0.05, 0.1) is 19.0 Å². The van der Waals surface area contributed by atoms with Crippen LogP contribution in [0.5, 0.6) is 0 Å². The van der Waals surface area contributed by atoms with Crippen LogP contribution in [0, 0.1) is 0 Å². The van der Waals surface area contributed by atoms with E-state index >= 15 is 0 Å². The molecule has 86 valence electrons. The molecule has 0 radical (unpaired) electrons. The van der Waals surface area contributed by atoms with Crippen LogP contribution in [0.1, 0.15) is 10.5 Å². The summed E-state index contributed by atoms with van der Waals surface area (Å²) in [5.41, 5.74) is 1.52. The molecule has 1 heterocycles. The average Bonchev–Trinajstić information content (AvgIpc) is 2.39. The molecule has 0 spiro atoms. The number of aromatic nitrogens is 2. The lowest BCUT2D eigenvalue weighted by Crippen LogP contribution is -2.06. The van der Waals surface area contributed by atoms with E-state index in [4.69, 9.17) is 11.6 Å². The normalized spacial score (nSPS) is 10.0. The molecule has 5 heteroatoms. The van der Waals surface area contributed by atoms with E-state index in [-0.39, 0.29) is 10.8 Å². The zero-order chi connectivity index (χ0) is 12.3. The molecule has 0 saturated heterocycles. The van der Waals surface area contributed by atoms with Crippen LogP contribution >= 0.6 is 11.6 Å². The zero-order valence-electron chi connectivity index (χ0n) is 9.05. The Bertz CT molecular complexity index is 543. The predicted molar refractivity (Wildman–Crippen MR) is 63.8 cm³/mol. The zero-order valence-corrected chi connectivity index (χ0v) is 9.81. The average molecular weight is 249 g/mol. The summed E-state index contributed by atoms with van der Waals surface area (Å²) in [5, 5.41) is 0.0400. The van der Waals surface area contributed by atoms with Crippen LogP contribution in [0.2, 0.25) is 5.15 Å². The van der Waals surface area contributed by atoms with Gasteiger partial charge in [-0.15, -0.1) is 0 Å². The molecule has 2 aromatic rings. The first-order valence-corrected chi connectivity index (χ1v) is 5.26. The van der Waals surface area contributed by atoms with Gasteiger partial charge >= 0.3 is 5.97 Å². The molecule has 0 saturated carbocycles. The van der Waals surface area contributed by atoms with Gasteiger partial charge < -0.3 is 4.74 Å². The summed E-state index contributed by atoms with van der Waals surface area (Å²) < 4.78 is 4.54. The van der Waals surface area contributed by atoms with E-state index in [9.17, 15) is 4.79 Å². The smallest absolute Gasteiger partial charge is 0.359 e. The third-order valence-corrected chi connectivity index (χ3v) is 2.44. The molecular weight excluding hydrogens is 240 g/mol. The largest absolute Gasteiger partial charge is 0.464 e. The summed E-state index contributed by atoms with van der Waals surface area (Å²) in [6, 6.07) is 9.45. The Kier molecular flexibility index (Phi) is 3.35. The maximum Gasteiger partial charge on any atom is 0.359 e. The standard InChI is InChI=1S/C12H9ClN2O2/c1-17-12(16)10-11(13)15-9(7-14-10)8-5-3-2-4-6-8/h2-7H,1H3. The third-order valence-electron chi connectivity index (χ3n) is 2.18. The van der Waals surface area contributed by atoms with E-state index in [1.54, 1.807) is 0 Å². The lowest BCUT2D eigenvalue weighted by atomic mass is 10.2. The van der Waals surface area contributed by atoms with Gasteiger partial charge in [0.25, 0.3) is 0 Å². The molecule has 0 fully saturated rings. The van der Waals surface area contributed by atoms with Crippen molar-refractivity contribution >= 4 is 17.6 Å². The number of carbonyl (C=O) groups excluding carboxylic acids is 1. The number of carbonyl (C=O) groups is 1. The van der Waals surface area contributed by atoms with E-state index in [2.05, 4.69) is 14.7 Å². The van der Waals surface area contributed by atoms with Crippen molar-refractivity contribution in [3.05, 3.63) is 47.4 Å². The van der Waals surface area contributed by atoms with E-state index in [0.29, 0.717) is 5.69 Å². The number of hydrogen-bond donors (Lipinski definition) is 0. The number of benzene rings is 1. The first-order valence-electron chi connectivity index (χ1n) is 4.88. The molecule has 0 aliphatic carbocycles. The first kappa shape index (κ1) is 11.5. The quantitative estimate of drug-likeness (QED) is 0.767. The monoisotopic (exact) mass is 248 g/mol. The second-order valence-corrected chi connectivity index (χ2v) is 3.61. The highest BCUT2D eigenvalue weighted by atomic mass is 35.5. The highest BCUT2D eigenvalue weighted by molar-refractivity contribution is 6.32. The van der Waals surface area contributed by atoms with Crippen molar-refractivity contribution in [2.75, 3.05) is 7.11 Å². The summed E-state index contributed by atoms with van der Waals surface area (Å²) >= 11 is 5.88. The van der Waals surface area contributed by atoms with Gasteiger partial charge in [0.15, 0.2) is 10.8 Å². The Labute approximate surface area is 103 Å². The number of nitrogens with zero attached hydrogens (tertiary/aromatic N) is 2. The fourth-order valence-corrected chi connectivity index (χ4v) is 1.57. The lowest BCUT2D eigenvalue weighted by molar-refractivity contribution is 0.0594. The van der Waals surface area contributed by atoms with Crippen LogP contribution < -0.4 is 0 Å². The van der Waals surface area contributed by atoms with E-state index in [0.717, 1.165) is 5.56 Å². The van der Waals surface area contributed by atoms with Gasteiger partial charge in [0.1, 0.15) is 0 Å². The molecule has 0 unspecified atom stereocenters. The van der Waals surface area contributed by atoms with Crippen molar-refractivity contribution in [2.24, 2.45) is 0 Å². The van der Waals surface area contributed by atoms with Gasteiger partial charge in [-0.2, -0.15) is 0 Å². The summed E-state index contributed by atoms with van der Waals surface area (Å²) in [4.78, 5) is 19.3. The molecule has 17 heavy (non-hydrogen) atoms. The van der Waals surface area contributed by atoms with E-state index in [1.165, 1.54) is 13.3 Å². The van der Waals surface area contributed by atoms with E-state index < -0.39 is 5.97 Å². The summed E-state index contributed by atoms with van der Waals surface area (Å²) in [5.74, 6) is -0.595. The first-order chi connectivity index (χ1) is 8.22. The van der Waals surface area contributed by atoms with Gasteiger partial charge in [-0.3, -0.25) is 0 Å². The van der Waals surface area contributed by atoms with Crippen LogP contribution in [0.4, 0.5) is 0 Å². The van der Waals surface area contributed by atoms with Crippen LogP contribution in [-0.2, 0) is 4.74 Å². The van der Waals surface area contributed by atoms with E-state index in [1.807, 2.05) is 30.3 Å². The molecular formula is C12H9ClN2O2. The van der Waals surface area contributed by atoms with Crippen molar-refractivity contribution in [1.82, 2.24) is 9.97 Å². The minimum Gasteiger partial charge on any atom is -0.464 e. The second kappa shape index (κ2) is 4.93. The summed E-state index contributed by atoms with van der Waals surface area (Å²) in [7, 11) is 1.27. The molecule has 4 nitrogen and oxygen atoms in total. The number of ether oxygens (including phenoxy) is 1. The summed E-state index contributed by atoms with van der Waals surface area (Å²) in [6.45, 7) is 0. The Balaban J connectivity index is 2.41. The van der Waals surface area contributed by atoms with Gasteiger partial charge in [-0.1, -0.05) is 41.9 Å². The Morgan fingerprint density at radius 1 is 1.29 bits per heavy atom. The van der Waals surface area contributed by atoms with Gasteiger partial charge in [-0.05, 0) is 0 Å². The predicted octanol–water partition coefficient (Wildman–Crippen LogP) is 2.58. The van der Waals surface area contributed by atoms with Gasteiger partial charge in [0.2, 0.25) is 0 Å². The fraction of sp³-hybridized carbons (Fsp3) is 0.0833. The SMILES string of the molecule is COC(=O)c1ncc(-c2ccccc2)nc1Cl. The Morgan fingerprint density at radius 2 is 2.00 bits per heavy atom. The number of halogens is 1. The minimum absolute atomic E-state index is 0.0221. The number of hydrogen-bond acceptors (Lipinski definition) is 4. The van der Waals surface area contributed by atoms with Crippen molar-refractivity contribution < 1.29 is 9.53 Å². The second-order valence-electron chi connectivity index (χ2n) is 3.25. The summed E-state index contributed by atoms with van der Waals surface area (Å²) in [6.07, 6.45) is 1.49. The van der Waals surface area contributed by atoms with Gasteiger partial charge in [-0.25, -0.2) is 14.8 Å². The number of rotatable bonds is 2. The molecule has 0 atom stereocenters. The molecule has 0 amide bonds. The third kappa shape index (κ3) is 2.42. The maximum absolute atomic E-state index is 11.3. The molecule has 1 aromatic carbocycles. The molecule has 0 N–H and O–H groups in total. The minimum atomic E-state index is -0.595. The lowest BCUT2D eigenvalue weighted by Gasteiger charge is -2.03. The van der Waals surface area contributed by atoms with Crippen LogP contribution in [0.25, 0.3) is 11.3 Å². The highest BCUT2D eigenvalue weighted by Crippen LogP contribution is 2.19. The van der Waals surface area contributed by atoms with Crippen LogP contribution in [0.15, 0.2) is 36.5 Å². The van der Waals surface area contributed by atoms with Crippen molar-refractivity contribution in [2.45, 2.75) is 0 Å². The van der Waals surface area contributed by atoms with Crippen molar-refractivity contribution in [3.8, 4) is 11.3 Å². The van der Waals surface area contributed by atoms with Crippen molar-refractivity contribution in [1.29, 1.82) is 0 Å². The fourth-order valence-electron chi connectivity index (χ4n) is 1.35. The number of methoxy groups -OCH3 is 1. The van der Waals surface area contributed by atoms with Crippen molar-refractivity contribution in [3.63, 3.8) is 0 Å². The maximum atomic E-state index is 11.3. The highest BCUT2D eigenvalue weighted by Gasteiger charge is 2.14. The molecule has 0 aliphatic rings. The molecule has 2 rings (SSSR count). The topological polar surface area (TPSA) is 52.1 Å².